The van der Waals surface area contributed by atoms with Crippen molar-refractivity contribution in [2.45, 2.75) is 32.8 Å². The summed E-state index contributed by atoms with van der Waals surface area (Å²) >= 11 is 0. The number of aromatic hydroxyl groups is 1. The number of nitrogens with one attached hydrogen (secondary N) is 1. The number of halogens is 1. The zero-order chi connectivity index (χ0) is 22.1. The number of pyridine rings is 1. The lowest BCUT2D eigenvalue weighted by Crippen LogP contribution is -2.33. The number of hydrogen-bond acceptors (Lipinski definition) is 7. The van der Waals surface area contributed by atoms with Gasteiger partial charge in [-0.3, -0.25) is 9.59 Å². The zero-order valence-corrected chi connectivity index (χ0v) is 17.1. The van der Waals surface area contributed by atoms with Gasteiger partial charge in [-0.25, -0.2) is 9.37 Å². The molecule has 0 radical (unpaired) electrons. The van der Waals surface area contributed by atoms with E-state index in [1.165, 1.54) is 31.5 Å². The van der Waals surface area contributed by atoms with Gasteiger partial charge in [-0.05, 0) is 25.0 Å². The highest BCUT2D eigenvalue weighted by Gasteiger charge is 2.19. The zero-order valence-electron chi connectivity index (χ0n) is 17.1. The van der Waals surface area contributed by atoms with E-state index in [-0.39, 0.29) is 11.4 Å². The van der Waals surface area contributed by atoms with Gasteiger partial charge in [-0.15, -0.1) is 0 Å². The minimum absolute atomic E-state index is 0.0896. The molecule has 1 heterocycles. The van der Waals surface area contributed by atoms with Gasteiger partial charge in [0, 0.05) is 24.8 Å². The molecule has 2 N–H and O–H groups in total. The Balaban J connectivity index is 1.90. The molecule has 0 aliphatic rings. The van der Waals surface area contributed by atoms with E-state index in [4.69, 9.17) is 14.2 Å². The van der Waals surface area contributed by atoms with Gasteiger partial charge in [0.05, 0.1) is 13.7 Å². The molecule has 1 aromatic heterocycles. The molecule has 0 fully saturated rings. The third kappa shape index (κ3) is 6.33. The van der Waals surface area contributed by atoms with E-state index in [0.29, 0.717) is 24.3 Å². The van der Waals surface area contributed by atoms with Crippen molar-refractivity contribution in [2.75, 3.05) is 20.3 Å². The second-order valence-corrected chi connectivity index (χ2v) is 6.50. The monoisotopic (exact) mass is 420 g/mol. The van der Waals surface area contributed by atoms with Gasteiger partial charge < -0.3 is 24.6 Å². The molecule has 0 aliphatic carbocycles. The van der Waals surface area contributed by atoms with E-state index in [9.17, 15) is 19.1 Å². The van der Waals surface area contributed by atoms with E-state index in [2.05, 4.69) is 10.3 Å². The Kier molecular flexibility index (Phi) is 8.40. The van der Waals surface area contributed by atoms with Crippen molar-refractivity contribution in [1.82, 2.24) is 10.3 Å². The summed E-state index contributed by atoms with van der Waals surface area (Å²) in [4.78, 5) is 28.0. The molecule has 2 rings (SSSR count). The number of esters is 1. The van der Waals surface area contributed by atoms with Crippen LogP contribution >= 0.6 is 0 Å². The maximum atomic E-state index is 13.5. The van der Waals surface area contributed by atoms with Crippen LogP contribution in [0.4, 0.5) is 4.39 Å². The maximum absolute atomic E-state index is 13.5. The third-order valence-corrected chi connectivity index (χ3v) is 4.05. The minimum Gasteiger partial charge on any atom is -0.503 e. The van der Waals surface area contributed by atoms with Crippen LogP contribution in [0.15, 0.2) is 30.5 Å². The van der Waals surface area contributed by atoms with Crippen molar-refractivity contribution >= 4 is 11.9 Å². The van der Waals surface area contributed by atoms with Crippen molar-refractivity contribution in [3.05, 3.63) is 47.5 Å². The molecule has 2 aromatic rings. The van der Waals surface area contributed by atoms with Crippen LogP contribution in [-0.2, 0) is 16.0 Å². The predicted molar refractivity (Wildman–Crippen MR) is 106 cm³/mol. The van der Waals surface area contributed by atoms with Gasteiger partial charge in [0.25, 0.3) is 5.91 Å². The Bertz CT molecular complexity index is 890. The highest BCUT2D eigenvalue weighted by Crippen LogP contribution is 2.27. The Labute approximate surface area is 174 Å². The highest BCUT2D eigenvalue weighted by atomic mass is 19.1. The molecular weight excluding hydrogens is 395 g/mol. The first kappa shape index (κ1) is 22.9. The SMILES string of the molecule is CCCOc1cc(F)ccc1CC(C)OC(=O)CNC(=O)c1nccc(OC)c1O. The summed E-state index contributed by atoms with van der Waals surface area (Å²) in [5.74, 6) is -1.75. The summed E-state index contributed by atoms with van der Waals surface area (Å²) in [7, 11) is 1.34. The fourth-order valence-corrected chi connectivity index (χ4v) is 2.66. The number of hydrogen-bond donors (Lipinski definition) is 2. The second-order valence-electron chi connectivity index (χ2n) is 6.50. The average molecular weight is 420 g/mol. The van der Waals surface area contributed by atoms with Gasteiger partial charge in [0.15, 0.2) is 17.2 Å². The van der Waals surface area contributed by atoms with Crippen LogP contribution in [0.1, 0.15) is 36.3 Å². The van der Waals surface area contributed by atoms with Gasteiger partial charge in [-0.1, -0.05) is 13.0 Å². The molecule has 162 valence electrons. The van der Waals surface area contributed by atoms with E-state index in [0.717, 1.165) is 6.42 Å². The molecule has 0 spiro atoms. The Morgan fingerprint density at radius 3 is 2.73 bits per heavy atom. The summed E-state index contributed by atoms with van der Waals surface area (Å²) in [6, 6.07) is 5.60. The van der Waals surface area contributed by atoms with Crippen molar-refractivity contribution < 1.29 is 33.3 Å². The number of carbonyl (C=O) groups excluding carboxylic acids is 2. The van der Waals surface area contributed by atoms with Crippen molar-refractivity contribution in [3.63, 3.8) is 0 Å². The molecule has 30 heavy (non-hydrogen) atoms. The maximum Gasteiger partial charge on any atom is 0.325 e. The number of methoxy groups -OCH3 is 1. The summed E-state index contributed by atoms with van der Waals surface area (Å²) in [5.41, 5.74) is 0.443. The number of nitrogens with zero attached hydrogens (tertiary/aromatic N) is 1. The van der Waals surface area contributed by atoms with Crippen LogP contribution in [0.25, 0.3) is 0 Å². The number of ether oxygens (including phenoxy) is 3. The Morgan fingerprint density at radius 2 is 2.03 bits per heavy atom. The van der Waals surface area contributed by atoms with Crippen LogP contribution in [-0.4, -0.2) is 48.3 Å². The minimum atomic E-state index is -0.746. The quantitative estimate of drug-likeness (QED) is 0.569. The lowest BCUT2D eigenvalue weighted by molar-refractivity contribution is -0.146. The standard InChI is InChI=1S/C21H25FN2O6/c1-4-9-29-17-11-15(22)6-5-14(17)10-13(2)30-18(25)12-24-21(27)19-20(26)16(28-3)7-8-23-19/h5-8,11,13,26H,4,9-10,12H2,1-3H3,(H,24,27). The van der Waals surface area contributed by atoms with Crippen molar-refractivity contribution in [3.8, 4) is 17.2 Å². The predicted octanol–water partition coefficient (Wildman–Crippen LogP) is 2.63. The van der Waals surface area contributed by atoms with Crippen LogP contribution in [0.2, 0.25) is 0 Å². The fourth-order valence-electron chi connectivity index (χ4n) is 2.66. The Morgan fingerprint density at radius 1 is 1.27 bits per heavy atom. The Hall–Kier alpha value is -3.36. The smallest absolute Gasteiger partial charge is 0.325 e. The van der Waals surface area contributed by atoms with Crippen molar-refractivity contribution in [1.29, 1.82) is 0 Å². The lowest BCUT2D eigenvalue weighted by Gasteiger charge is -2.16. The van der Waals surface area contributed by atoms with E-state index in [1.54, 1.807) is 13.0 Å². The number of benzene rings is 1. The number of aromatic nitrogens is 1. The third-order valence-electron chi connectivity index (χ3n) is 4.05. The molecule has 0 saturated heterocycles. The molecule has 1 amide bonds. The van der Waals surface area contributed by atoms with Gasteiger partial charge in [0.1, 0.15) is 24.2 Å². The molecule has 1 atom stereocenters. The van der Waals surface area contributed by atoms with E-state index >= 15 is 0 Å². The average Bonchev–Trinajstić information content (AvgIpc) is 2.72. The van der Waals surface area contributed by atoms with Crippen LogP contribution in [0.5, 0.6) is 17.2 Å². The molecule has 1 unspecified atom stereocenters. The number of carbonyl (C=O) groups is 2. The van der Waals surface area contributed by atoms with Crippen LogP contribution in [0, 0.1) is 5.82 Å². The molecule has 1 aromatic carbocycles. The fraction of sp³-hybridized carbons (Fsp3) is 0.381. The summed E-state index contributed by atoms with van der Waals surface area (Å²) in [5, 5.41) is 12.3. The van der Waals surface area contributed by atoms with E-state index in [1.807, 2.05) is 6.92 Å². The van der Waals surface area contributed by atoms with Crippen LogP contribution in [0.3, 0.4) is 0 Å². The molecule has 9 heteroatoms. The first-order valence-electron chi connectivity index (χ1n) is 9.46. The second kappa shape index (κ2) is 11.0. The normalized spacial score (nSPS) is 11.5. The molecular formula is C21H25FN2O6. The van der Waals surface area contributed by atoms with Crippen molar-refractivity contribution in [2.24, 2.45) is 0 Å². The van der Waals surface area contributed by atoms with Gasteiger partial charge >= 0.3 is 5.97 Å². The summed E-state index contributed by atoms with van der Waals surface area (Å²) in [6.45, 7) is 3.66. The lowest BCUT2D eigenvalue weighted by atomic mass is 10.1. The molecule has 0 bridgehead atoms. The van der Waals surface area contributed by atoms with Crippen LogP contribution < -0.4 is 14.8 Å². The number of rotatable bonds is 10. The number of amides is 1. The van der Waals surface area contributed by atoms with Gasteiger partial charge in [-0.2, -0.15) is 0 Å². The molecule has 8 nitrogen and oxygen atoms in total. The van der Waals surface area contributed by atoms with E-state index < -0.39 is 36.1 Å². The topological polar surface area (TPSA) is 107 Å². The largest absolute Gasteiger partial charge is 0.503 e. The highest BCUT2D eigenvalue weighted by molar-refractivity contribution is 5.97. The van der Waals surface area contributed by atoms with Gasteiger partial charge in [0.2, 0.25) is 0 Å². The summed E-state index contributed by atoms with van der Waals surface area (Å²) in [6.07, 6.45) is 1.86. The molecule has 0 saturated carbocycles. The molecule has 0 aliphatic heterocycles. The first-order chi connectivity index (χ1) is 14.3. The first-order valence-corrected chi connectivity index (χ1v) is 9.46. The summed E-state index contributed by atoms with van der Waals surface area (Å²) < 4.78 is 29.2.